The maximum absolute atomic E-state index is 12.2. The summed E-state index contributed by atoms with van der Waals surface area (Å²) in [7, 11) is 0. The van der Waals surface area contributed by atoms with Crippen molar-refractivity contribution in [2.24, 2.45) is 5.73 Å². The smallest absolute Gasteiger partial charge is 0.322 e. The van der Waals surface area contributed by atoms with Crippen molar-refractivity contribution in [2.45, 2.75) is 18.1 Å². The van der Waals surface area contributed by atoms with Gasteiger partial charge in [0.15, 0.2) is 0 Å². The molecule has 0 fully saturated rings. The molecule has 0 spiro atoms. The van der Waals surface area contributed by atoms with Crippen molar-refractivity contribution in [3.8, 4) is 0 Å². The van der Waals surface area contributed by atoms with E-state index in [0.29, 0.717) is 0 Å². The van der Waals surface area contributed by atoms with E-state index in [1.807, 2.05) is 0 Å². The van der Waals surface area contributed by atoms with Gasteiger partial charge in [0.05, 0.1) is 13.2 Å². The van der Waals surface area contributed by atoms with Gasteiger partial charge in [0.25, 0.3) is 0 Å². The van der Waals surface area contributed by atoms with Crippen LogP contribution in [0.15, 0.2) is 0 Å². The molecule has 0 aliphatic heterocycles. The number of nitrogens with two attached hydrogens (primary N) is 1. The second-order valence-electron chi connectivity index (χ2n) is 5.11. The standard InChI is InChI=1S/C13H23N5O7S2/c14-1-9(20)16-8(5-27)13(25)17-6(3-19)12(24)18-7(4-26)11(23)15-2-10(21)22/h6-8,19,26-27H,1-5,14H2,(H,15,23)(H,16,20)(H,17,25)(H,18,24)(H,21,22)/t6-,7-,8-/m0/s1. The summed E-state index contributed by atoms with van der Waals surface area (Å²) in [4.78, 5) is 57.8. The molecule has 14 heteroatoms. The van der Waals surface area contributed by atoms with E-state index in [1.165, 1.54) is 0 Å². The predicted octanol–water partition coefficient (Wildman–Crippen LogP) is -4.55. The topological polar surface area (TPSA) is 200 Å². The van der Waals surface area contributed by atoms with Crippen molar-refractivity contribution < 1.29 is 34.2 Å². The summed E-state index contributed by atoms with van der Waals surface area (Å²) in [5.74, 6) is -4.63. The number of aliphatic carboxylic acids is 1. The Hall–Kier alpha value is -2.03. The number of carboxylic acids is 1. The van der Waals surface area contributed by atoms with Crippen molar-refractivity contribution >= 4 is 54.9 Å². The lowest BCUT2D eigenvalue weighted by molar-refractivity contribution is -0.138. The first-order valence-corrected chi connectivity index (χ1v) is 8.88. The molecule has 0 saturated heterocycles. The van der Waals surface area contributed by atoms with Crippen LogP contribution in [0, 0.1) is 0 Å². The van der Waals surface area contributed by atoms with Crippen molar-refractivity contribution in [3.63, 3.8) is 0 Å². The molecule has 0 aromatic rings. The van der Waals surface area contributed by atoms with Crippen LogP contribution >= 0.6 is 25.3 Å². The molecule has 0 aromatic carbocycles. The Labute approximate surface area is 165 Å². The van der Waals surface area contributed by atoms with Crippen LogP contribution in [0.4, 0.5) is 0 Å². The minimum atomic E-state index is -1.43. The Morgan fingerprint density at radius 1 is 0.852 bits per heavy atom. The zero-order chi connectivity index (χ0) is 21.0. The second-order valence-corrected chi connectivity index (χ2v) is 5.84. The Balaban J connectivity index is 4.87. The number of carbonyl (C=O) groups is 5. The highest BCUT2D eigenvalue weighted by Crippen LogP contribution is 1.95. The van der Waals surface area contributed by atoms with Crippen LogP contribution in [0.1, 0.15) is 0 Å². The van der Waals surface area contributed by atoms with Crippen LogP contribution < -0.4 is 27.0 Å². The third kappa shape index (κ3) is 9.46. The van der Waals surface area contributed by atoms with E-state index in [2.05, 4.69) is 46.5 Å². The van der Waals surface area contributed by atoms with Gasteiger partial charge in [-0.05, 0) is 0 Å². The number of hydrogen-bond acceptors (Lipinski definition) is 9. The molecule has 0 aliphatic carbocycles. The van der Waals surface area contributed by atoms with Crippen molar-refractivity contribution in [1.29, 1.82) is 0 Å². The fraction of sp³-hybridized carbons (Fsp3) is 0.615. The van der Waals surface area contributed by atoms with Crippen LogP contribution in [0.5, 0.6) is 0 Å². The summed E-state index contributed by atoms with van der Waals surface area (Å²) in [5.41, 5.74) is 5.14. The molecule has 0 aliphatic rings. The molecule has 0 bridgehead atoms. The Bertz CT molecular complexity index is 563. The molecule has 0 aromatic heterocycles. The molecule has 0 rings (SSSR count). The monoisotopic (exact) mass is 425 g/mol. The molecule has 0 unspecified atom stereocenters. The number of amides is 4. The quantitative estimate of drug-likeness (QED) is 0.139. The summed E-state index contributed by atoms with van der Waals surface area (Å²) in [6.45, 7) is -1.79. The minimum Gasteiger partial charge on any atom is -0.480 e. The van der Waals surface area contributed by atoms with Crippen molar-refractivity contribution in [2.75, 3.05) is 31.2 Å². The summed E-state index contributed by atoms with van der Waals surface area (Å²) >= 11 is 7.81. The molecule has 0 saturated carbocycles. The lowest BCUT2D eigenvalue weighted by Crippen LogP contribution is -2.59. The zero-order valence-corrected chi connectivity index (χ0v) is 16.0. The molecule has 4 amide bonds. The molecular weight excluding hydrogens is 402 g/mol. The van der Waals surface area contributed by atoms with Crippen LogP contribution in [-0.4, -0.2) is 89.1 Å². The van der Waals surface area contributed by atoms with Gasteiger partial charge in [-0.2, -0.15) is 25.3 Å². The van der Waals surface area contributed by atoms with Gasteiger partial charge in [0.1, 0.15) is 24.7 Å². The number of carboxylic acid groups (broad SMARTS) is 1. The number of thiol groups is 2. The fourth-order valence-electron chi connectivity index (χ4n) is 1.67. The summed E-state index contributed by atoms with van der Waals surface area (Å²) in [6, 6.07) is -3.71. The van der Waals surface area contributed by atoms with E-state index < -0.39 is 60.9 Å². The lowest BCUT2D eigenvalue weighted by atomic mass is 10.2. The number of hydrogen-bond donors (Lipinski definition) is 9. The van der Waals surface area contributed by atoms with Gasteiger partial charge in [0, 0.05) is 11.5 Å². The van der Waals surface area contributed by atoms with E-state index in [0.717, 1.165) is 0 Å². The highest BCUT2D eigenvalue weighted by molar-refractivity contribution is 7.80. The van der Waals surface area contributed by atoms with Crippen molar-refractivity contribution in [1.82, 2.24) is 21.3 Å². The Morgan fingerprint density at radius 2 is 1.33 bits per heavy atom. The Kier molecular flexibility index (Phi) is 12.2. The highest BCUT2D eigenvalue weighted by Gasteiger charge is 2.28. The predicted molar refractivity (Wildman–Crippen MR) is 100 cm³/mol. The Morgan fingerprint density at radius 3 is 1.78 bits per heavy atom. The van der Waals surface area contributed by atoms with E-state index in [1.54, 1.807) is 0 Å². The van der Waals surface area contributed by atoms with Gasteiger partial charge in [0.2, 0.25) is 23.6 Å². The molecule has 0 radical (unpaired) electrons. The number of rotatable bonds is 12. The highest BCUT2D eigenvalue weighted by atomic mass is 32.1. The van der Waals surface area contributed by atoms with Gasteiger partial charge in [-0.15, -0.1) is 0 Å². The maximum atomic E-state index is 12.2. The van der Waals surface area contributed by atoms with Gasteiger partial charge < -0.3 is 37.2 Å². The average Bonchev–Trinajstić information content (AvgIpc) is 2.65. The molecular formula is C13H23N5O7S2. The first-order valence-electron chi connectivity index (χ1n) is 7.62. The van der Waals surface area contributed by atoms with Gasteiger partial charge >= 0.3 is 5.97 Å². The van der Waals surface area contributed by atoms with E-state index in [-0.39, 0.29) is 18.1 Å². The number of carbonyl (C=O) groups excluding carboxylic acids is 4. The lowest BCUT2D eigenvalue weighted by Gasteiger charge is -2.23. The van der Waals surface area contributed by atoms with Crippen molar-refractivity contribution in [3.05, 3.63) is 0 Å². The zero-order valence-electron chi connectivity index (χ0n) is 14.2. The molecule has 12 nitrogen and oxygen atoms in total. The summed E-state index contributed by atoms with van der Waals surface area (Å²) in [6.07, 6.45) is 0. The van der Waals surface area contributed by atoms with E-state index in [4.69, 9.17) is 10.8 Å². The second kappa shape index (κ2) is 13.2. The van der Waals surface area contributed by atoms with Gasteiger partial charge in [-0.1, -0.05) is 0 Å². The molecule has 8 N–H and O–H groups in total. The largest absolute Gasteiger partial charge is 0.480 e. The first-order chi connectivity index (χ1) is 12.7. The number of nitrogens with one attached hydrogen (secondary N) is 4. The fourth-order valence-corrected chi connectivity index (χ4v) is 2.18. The average molecular weight is 425 g/mol. The first kappa shape index (κ1) is 25.0. The third-order valence-electron chi connectivity index (χ3n) is 3.06. The number of aliphatic hydroxyl groups excluding tert-OH is 1. The van der Waals surface area contributed by atoms with E-state index >= 15 is 0 Å². The molecule has 3 atom stereocenters. The summed E-state index contributed by atoms with van der Waals surface area (Å²) in [5, 5.41) is 26.7. The SMILES string of the molecule is NCC(=O)N[C@@H](CS)C(=O)N[C@@H](CO)C(=O)N[C@@H](CS)C(=O)NCC(=O)O. The van der Waals surface area contributed by atoms with Crippen LogP contribution in [0.3, 0.4) is 0 Å². The normalized spacial score (nSPS) is 13.6. The molecule has 27 heavy (non-hydrogen) atoms. The number of aliphatic hydroxyl groups is 1. The van der Waals surface area contributed by atoms with Crippen LogP contribution in [0.25, 0.3) is 0 Å². The third-order valence-corrected chi connectivity index (χ3v) is 3.79. The van der Waals surface area contributed by atoms with Gasteiger partial charge in [-0.3, -0.25) is 24.0 Å². The minimum absolute atomic E-state index is 0.0891. The van der Waals surface area contributed by atoms with E-state index in [9.17, 15) is 29.1 Å². The maximum Gasteiger partial charge on any atom is 0.322 e. The molecule has 0 heterocycles. The van der Waals surface area contributed by atoms with Crippen LogP contribution in [0.2, 0.25) is 0 Å². The molecule has 154 valence electrons. The summed E-state index contributed by atoms with van der Waals surface area (Å²) < 4.78 is 0. The van der Waals surface area contributed by atoms with Crippen LogP contribution in [-0.2, 0) is 24.0 Å². The van der Waals surface area contributed by atoms with Gasteiger partial charge in [-0.25, -0.2) is 0 Å².